The highest BCUT2D eigenvalue weighted by Crippen LogP contribution is 2.21. The molecule has 2 heterocycles. The molecule has 3 rings (SSSR count). The van der Waals surface area contributed by atoms with Crippen LogP contribution in [0.4, 0.5) is 5.69 Å². The molecule has 0 bridgehead atoms. The van der Waals surface area contributed by atoms with E-state index in [-0.39, 0.29) is 16.8 Å². The molecule has 1 amide bonds. The minimum Gasteiger partial charge on any atom is -0.322 e. The summed E-state index contributed by atoms with van der Waals surface area (Å²) in [6, 6.07) is 7.76. The van der Waals surface area contributed by atoms with Crippen LogP contribution in [0.15, 0.2) is 41.4 Å². The predicted octanol–water partition coefficient (Wildman–Crippen LogP) is 2.75. The fourth-order valence-electron chi connectivity index (χ4n) is 2.83. The summed E-state index contributed by atoms with van der Waals surface area (Å²) in [4.78, 5) is 22.1. The van der Waals surface area contributed by atoms with E-state index in [4.69, 9.17) is 4.84 Å². The zero-order valence-electron chi connectivity index (χ0n) is 16.9. The number of nitrogens with zero attached hydrogens (tertiary/aromatic N) is 4. The van der Waals surface area contributed by atoms with Crippen molar-refractivity contribution < 1.29 is 18.0 Å². The Hall–Kier alpha value is -2.82. The maximum atomic E-state index is 12.7. The Bertz CT molecular complexity index is 1150. The van der Waals surface area contributed by atoms with E-state index in [0.29, 0.717) is 16.9 Å². The van der Waals surface area contributed by atoms with Crippen molar-refractivity contribution in [2.45, 2.75) is 31.7 Å². The van der Waals surface area contributed by atoms with E-state index in [2.05, 4.69) is 15.4 Å². The van der Waals surface area contributed by atoms with Crippen LogP contribution in [0.5, 0.6) is 0 Å². The molecule has 0 fully saturated rings. The summed E-state index contributed by atoms with van der Waals surface area (Å²) in [5.41, 5.74) is 2.20. The van der Waals surface area contributed by atoms with Crippen LogP contribution in [-0.2, 0) is 14.9 Å². The lowest BCUT2D eigenvalue weighted by Gasteiger charge is -2.14. The average molecular weight is 417 g/mol. The van der Waals surface area contributed by atoms with Crippen LogP contribution in [0.2, 0.25) is 0 Å². The number of aromatic nitrogens is 3. The number of pyridine rings is 1. The molecule has 0 radical (unpaired) electrons. The van der Waals surface area contributed by atoms with Crippen LogP contribution < -0.4 is 5.32 Å². The zero-order chi connectivity index (χ0) is 21.3. The summed E-state index contributed by atoms with van der Waals surface area (Å²) in [6.07, 6.45) is 1.69. The number of sulfonamides is 1. The molecule has 1 aromatic carbocycles. The van der Waals surface area contributed by atoms with Crippen LogP contribution in [0, 0.1) is 6.92 Å². The third-order valence-electron chi connectivity index (χ3n) is 4.50. The van der Waals surface area contributed by atoms with Crippen LogP contribution >= 0.6 is 0 Å². The van der Waals surface area contributed by atoms with Crippen molar-refractivity contribution in [3.8, 4) is 0 Å². The minimum absolute atomic E-state index is 0.0558. The summed E-state index contributed by atoms with van der Waals surface area (Å²) in [5, 5.41) is 7.87. The number of hydrogen-bond donors (Lipinski definition) is 1. The number of aryl methyl sites for hydroxylation is 1. The van der Waals surface area contributed by atoms with E-state index in [1.165, 1.54) is 38.4 Å². The smallest absolute Gasteiger partial charge is 0.264 e. The number of carbonyl (C=O) groups is 1. The highest BCUT2D eigenvalue weighted by atomic mass is 32.2. The Morgan fingerprint density at radius 1 is 1.24 bits per heavy atom. The predicted molar refractivity (Wildman–Crippen MR) is 109 cm³/mol. The van der Waals surface area contributed by atoms with Crippen molar-refractivity contribution >= 4 is 32.7 Å². The molecule has 0 aliphatic heterocycles. The molecule has 0 saturated carbocycles. The van der Waals surface area contributed by atoms with Crippen molar-refractivity contribution in [3.05, 3.63) is 47.8 Å². The van der Waals surface area contributed by atoms with Gasteiger partial charge in [0.2, 0.25) is 0 Å². The molecule has 3 aromatic rings. The lowest BCUT2D eigenvalue weighted by atomic mass is 10.1. The van der Waals surface area contributed by atoms with Gasteiger partial charge in [0.05, 0.1) is 29.5 Å². The molecule has 1 N–H and O–H groups in total. The second kappa shape index (κ2) is 7.90. The van der Waals surface area contributed by atoms with Gasteiger partial charge in [-0.3, -0.25) is 9.63 Å². The molecule has 10 heteroatoms. The second-order valence-electron chi connectivity index (χ2n) is 6.79. The molecule has 0 aliphatic carbocycles. The molecule has 9 nitrogen and oxygen atoms in total. The number of amides is 1. The van der Waals surface area contributed by atoms with E-state index >= 15 is 0 Å². The van der Waals surface area contributed by atoms with Gasteiger partial charge < -0.3 is 5.32 Å². The molecule has 0 saturated heterocycles. The van der Waals surface area contributed by atoms with Crippen LogP contribution in [0.25, 0.3) is 11.0 Å². The quantitative estimate of drug-likeness (QED) is 0.618. The highest BCUT2D eigenvalue weighted by Gasteiger charge is 2.21. The first kappa shape index (κ1) is 20.9. The zero-order valence-corrected chi connectivity index (χ0v) is 17.7. The van der Waals surface area contributed by atoms with Gasteiger partial charge in [-0.15, -0.1) is 0 Å². The molecule has 0 unspecified atom stereocenters. The number of fused-ring (bicyclic) bond motifs is 1. The molecule has 0 aliphatic rings. The van der Waals surface area contributed by atoms with Gasteiger partial charge in [0.1, 0.15) is 0 Å². The fourth-order valence-corrected chi connectivity index (χ4v) is 3.80. The van der Waals surface area contributed by atoms with Crippen LogP contribution in [0.1, 0.15) is 35.9 Å². The molecular formula is C19H23N5O4S. The number of hydroxylamine groups is 1. The van der Waals surface area contributed by atoms with E-state index in [1.807, 2.05) is 13.8 Å². The number of carbonyl (C=O) groups excluding carboxylic acids is 1. The van der Waals surface area contributed by atoms with Crippen LogP contribution in [-0.4, -0.2) is 47.7 Å². The average Bonchev–Trinajstić information content (AvgIpc) is 3.09. The third kappa shape index (κ3) is 4.00. The Labute approximate surface area is 169 Å². The normalized spacial score (nSPS) is 12.1. The first-order chi connectivity index (χ1) is 13.6. The minimum atomic E-state index is -3.74. The fraction of sp³-hybridized carbons (Fsp3) is 0.316. The first-order valence-corrected chi connectivity index (χ1v) is 10.4. The topological polar surface area (TPSA) is 106 Å². The monoisotopic (exact) mass is 417 g/mol. The third-order valence-corrected chi connectivity index (χ3v) is 6.19. The Morgan fingerprint density at radius 3 is 2.48 bits per heavy atom. The Morgan fingerprint density at radius 2 is 1.90 bits per heavy atom. The van der Waals surface area contributed by atoms with Gasteiger partial charge in [-0.05, 0) is 51.1 Å². The van der Waals surface area contributed by atoms with Crippen molar-refractivity contribution in [2.24, 2.45) is 0 Å². The van der Waals surface area contributed by atoms with Gasteiger partial charge in [0.15, 0.2) is 5.65 Å². The van der Waals surface area contributed by atoms with Crippen molar-refractivity contribution in [2.75, 3.05) is 19.5 Å². The largest absolute Gasteiger partial charge is 0.322 e. The van der Waals surface area contributed by atoms with Gasteiger partial charge in [-0.25, -0.2) is 18.1 Å². The molecule has 0 spiro atoms. The number of nitrogens with one attached hydrogen (secondary N) is 1. The van der Waals surface area contributed by atoms with Crippen LogP contribution in [0.3, 0.4) is 0 Å². The number of rotatable bonds is 6. The van der Waals surface area contributed by atoms with Gasteiger partial charge in [0.25, 0.3) is 15.9 Å². The number of anilines is 1. The Kier molecular flexibility index (Phi) is 5.69. The SMILES string of the molecule is CON(C)S(=O)(=O)c1ccc(NC(=O)c2cc3cnn(C(C)C)c3nc2C)cc1. The van der Waals surface area contributed by atoms with Gasteiger partial charge in [-0.1, -0.05) is 4.47 Å². The van der Waals surface area contributed by atoms with E-state index in [1.54, 1.807) is 23.9 Å². The number of hydrogen-bond acceptors (Lipinski definition) is 6. The van der Waals surface area contributed by atoms with E-state index < -0.39 is 10.0 Å². The molecule has 2 aromatic heterocycles. The summed E-state index contributed by atoms with van der Waals surface area (Å²) >= 11 is 0. The molecule has 0 atom stereocenters. The number of benzene rings is 1. The van der Waals surface area contributed by atoms with Crippen molar-refractivity contribution in [1.82, 2.24) is 19.2 Å². The molecule has 29 heavy (non-hydrogen) atoms. The lowest BCUT2D eigenvalue weighted by molar-refractivity contribution is -0.0258. The summed E-state index contributed by atoms with van der Waals surface area (Å²) in [5.74, 6) is -0.334. The van der Waals surface area contributed by atoms with E-state index in [0.717, 1.165) is 15.5 Å². The van der Waals surface area contributed by atoms with Gasteiger partial charge in [0, 0.05) is 24.2 Å². The second-order valence-corrected chi connectivity index (χ2v) is 8.73. The van der Waals surface area contributed by atoms with Crippen molar-refractivity contribution in [3.63, 3.8) is 0 Å². The first-order valence-electron chi connectivity index (χ1n) is 8.94. The summed E-state index contributed by atoms with van der Waals surface area (Å²) < 4.78 is 27.0. The summed E-state index contributed by atoms with van der Waals surface area (Å²) in [7, 11) is -1.17. The standard InChI is InChI=1S/C19H23N5O4S/c1-12(2)24-18-14(11-20-24)10-17(13(3)21-18)19(25)22-15-6-8-16(9-7-15)29(26,27)23(4)28-5/h6-12H,1-5H3,(H,22,25). The molecular weight excluding hydrogens is 394 g/mol. The maximum Gasteiger partial charge on any atom is 0.264 e. The van der Waals surface area contributed by atoms with Gasteiger partial charge in [-0.2, -0.15) is 5.10 Å². The van der Waals surface area contributed by atoms with Gasteiger partial charge >= 0.3 is 0 Å². The Balaban J connectivity index is 1.84. The van der Waals surface area contributed by atoms with Crippen molar-refractivity contribution in [1.29, 1.82) is 0 Å². The van der Waals surface area contributed by atoms with E-state index in [9.17, 15) is 13.2 Å². The molecule has 154 valence electrons. The lowest BCUT2D eigenvalue weighted by Crippen LogP contribution is -2.25. The highest BCUT2D eigenvalue weighted by molar-refractivity contribution is 7.89. The maximum absolute atomic E-state index is 12.7. The summed E-state index contributed by atoms with van der Waals surface area (Å²) in [6.45, 7) is 5.79.